The fourth-order valence-electron chi connectivity index (χ4n) is 2.78. The number of nitrogens with zero attached hydrogens (tertiary/aromatic N) is 3. The van der Waals surface area contributed by atoms with Crippen molar-refractivity contribution in [1.29, 1.82) is 0 Å². The van der Waals surface area contributed by atoms with Gasteiger partial charge in [-0.15, -0.1) is 0 Å². The van der Waals surface area contributed by atoms with E-state index in [1.165, 1.54) is 36.0 Å². The molecule has 30 heavy (non-hydrogen) atoms. The Labute approximate surface area is 176 Å². The molecule has 154 valence electrons. The van der Waals surface area contributed by atoms with Gasteiger partial charge in [0.25, 0.3) is 5.91 Å². The monoisotopic (exact) mass is 428 g/mol. The maximum Gasteiger partial charge on any atom is 0.278 e. The Bertz CT molecular complexity index is 1180. The van der Waals surface area contributed by atoms with Gasteiger partial charge in [-0.2, -0.15) is 5.10 Å². The molecule has 0 saturated carbocycles. The molecule has 0 bridgehead atoms. The van der Waals surface area contributed by atoms with Crippen molar-refractivity contribution < 1.29 is 14.0 Å². The summed E-state index contributed by atoms with van der Waals surface area (Å²) >= 11 is 6.01. The second kappa shape index (κ2) is 8.87. The Balaban J connectivity index is 1.83. The number of rotatable bonds is 5. The average molecular weight is 429 g/mol. The summed E-state index contributed by atoms with van der Waals surface area (Å²) in [6.45, 7) is 1.24. The minimum Gasteiger partial charge on any atom is -0.331 e. The van der Waals surface area contributed by atoms with Crippen LogP contribution in [0.15, 0.2) is 59.4 Å². The minimum absolute atomic E-state index is 0.100. The van der Waals surface area contributed by atoms with Gasteiger partial charge < -0.3 is 10.2 Å². The van der Waals surface area contributed by atoms with Gasteiger partial charge in [0.2, 0.25) is 11.3 Å². The van der Waals surface area contributed by atoms with Crippen molar-refractivity contribution >= 4 is 29.1 Å². The van der Waals surface area contributed by atoms with Crippen molar-refractivity contribution in [2.24, 2.45) is 0 Å². The number of carbonyl (C=O) groups is 2. The van der Waals surface area contributed by atoms with Gasteiger partial charge >= 0.3 is 0 Å². The molecule has 3 aromatic rings. The zero-order valence-electron chi connectivity index (χ0n) is 16.2. The van der Waals surface area contributed by atoms with Crippen LogP contribution in [-0.4, -0.2) is 40.1 Å². The highest BCUT2D eigenvalue weighted by atomic mass is 35.5. The summed E-state index contributed by atoms with van der Waals surface area (Å²) in [6, 6.07) is 13.7. The van der Waals surface area contributed by atoms with Crippen LogP contribution >= 0.6 is 11.6 Å². The fraction of sp³-hybridized carbons (Fsp3) is 0.143. The summed E-state index contributed by atoms with van der Waals surface area (Å²) in [6.07, 6.45) is 0. The lowest BCUT2D eigenvalue weighted by Crippen LogP contribution is -2.38. The largest absolute Gasteiger partial charge is 0.331 e. The second-order valence-electron chi connectivity index (χ2n) is 6.55. The molecular formula is C21H18ClFN4O3. The van der Waals surface area contributed by atoms with Crippen LogP contribution < -0.4 is 10.7 Å². The predicted octanol–water partition coefficient (Wildman–Crippen LogP) is 3.04. The third-order valence-corrected chi connectivity index (χ3v) is 4.60. The molecule has 2 amide bonds. The van der Waals surface area contributed by atoms with E-state index in [0.29, 0.717) is 16.4 Å². The summed E-state index contributed by atoms with van der Waals surface area (Å²) in [5.74, 6) is -1.82. The number of hydrogen-bond donors (Lipinski definition) is 1. The maximum atomic E-state index is 14.2. The van der Waals surface area contributed by atoms with E-state index in [2.05, 4.69) is 10.4 Å². The Morgan fingerprint density at radius 2 is 1.83 bits per heavy atom. The number of aryl methyl sites for hydroxylation is 1. The van der Waals surface area contributed by atoms with E-state index >= 15 is 0 Å². The maximum absolute atomic E-state index is 14.2. The van der Waals surface area contributed by atoms with Crippen LogP contribution in [0.2, 0.25) is 5.02 Å². The number of halogens is 2. The minimum atomic E-state index is -0.764. The van der Waals surface area contributed by atoms with Gasteiger partial charge in [0.1, 0.15) is 11.5 Å². The topological polar surface area (TPSA) is 84.3 Å². The molecule has 1 N–H and O–H groups in total. The highest BCUT2D eigenvalue weighted by Gasteiger charge is 2.22. The summed E-state index contributed by atoms with van der Waals surface area (Å²) in [7, 11) is 1.36. The molecule has 0 spiro atoms. The van der Waals surface area contributed by atoms with Crippen LogP contribution in [0.4, 0.5) is 10.1 Å². The molecule has 2 aromatic carbocycles. The SMILES string of the molecule is Cc1cc(=O)c(C(=O)N(C)CC(=O)Nc2ccccc2Cl)nn1-c1ccccc1F. The van der Waals surface area contributed by atoms with Crippen LogP contribution in [-0.2, 0) is 4.79 Å². The van der Waals surface area contributed by atoms with Gasteiger partial charge in [-0.25, -0.2) is 9.07 Å². The molecule has 1 heterocycles. The normalized spacial score (nSPS) is 10.5. The molecule has 0 radical (unpaired) electrons. The van der Waals surface area contributed by atoms with E-state index in [0.717, 1.165) is 4.90 Å². The molecule has 9 heteroatoms. The molecule has 1 aromatic heterocycles. The molecule has 0 aliphatic carbocycles. The summed E-state index contributed by atoms with van der Waals surface area (Å²) in [5, 5.41) is 7.00. The molecular weight excluding hydrogens is 411 g/mol. The van der Waals surface area contributed by atoms with E-state index in [1.54, 1.807) is 37.3 Å². The van der Waals surface area contributed by atoms with Gasteiger partial charge in [-0.1, -0.05) is 35.9 Å². The Kier molecular flexibility index (Phi) is 6.27. The van der Waals surface area contributed by atoms with Crippen molar-refractivity contribution in [2.45, 2.75) is 6.92 Å². The fourth-order valence-corrected chi connectivity index (χ4v) is 2.97. The first-order chi connectivity index (χ1) is 14.3. The number of para-hydroxylation sites is 2. The van der Waals surface area contributed by atoms with Gasteiger partial charge in [0, 0.05) is 18.8 Å². The Hall–Kier alpha value is -3.52. The molecule has 0 saturated heterocycles. The van der Waals surface area contributed by atoms with Crippen molar-refractivity contribution in [2.75, 3.05) is 18.9 Å². The van der Waals surface area contributed by atoms with Crippen LogP contribution in [0, 0.1) is 12.7 Å². The number of nitrogens with one attached hydrogen (secondary N) is 1. The molecule has 0 aliphatic rings. The standard InChI is InChI=1S/C21H18ClFN4O3/c1-13-11-18(28)20(25-27(13)17-10-6-4-8-15(17)23)21(30)26(2)12-19(29)24-16-9-5-3-7-14(16)22/h3-11H,12H2,1-2H3,(H,24,29). The molecule has 0 unspecified atom stereocenters. The predicted molar refractivity (Wildman–Crippen MR) is 112 cm³/mol. The third kappa shape index (κ3) is 4.55. The number of amides is 2. The smallest absolute Gasteiger partial charge is 0.278 e. The lowest BCUT2D eigenvalue weighted by Gasteiger charge is -2.18. The first-order valence-corrected chi connectivity index (χ1v) is 9.31. The lowest BCUT2D eigenvalue weighted by atomic mass is 10.2. The summed E-state index contributed by atoms with van der Waals surface area (Å²) in [4.78, 5) is 38.4. The van der Waals surface area contributed by atoms with Crippen LogP contribution in [0.5, 0.6) is 0 Å². The average Bonchev–Trinajstić information content (AvgIpc) is 2.70. The molecule has 7 nitrogen and oxygen atoms in total. The number of carbonyl (C=O) groups excluding carboxylic acids is 2. The van der Waals surface area contributed by atoms with E-state index in [1.807, 2.05) is 0 Å². The number of benzene rings is 2. The molecule has 3 rings (SSSR count). The Morgan fingerprint density at radius 1 is 1.17 bits per heavy atom. The number of anilines is 1. The number of likely N-dealkylation sites (N-methyl/N-ethyl adjacent to an activating group) is 1. The second-order valence-corrected chi connectivity index (χ2v) is 6.96. The Morgan fingerprint density at radius 3 is 2.53 bits per heavy atom. The van der Waals surface area contributed by atoms with Crippen LogP contribution in [0.1, 0.15) is 16.2 Å². The van der Waals surface area contributed by atoms with E-state index in [-0.39, 0.29) is 12.2 Å². The zero-order chi connectivity index (χ0) is 21.8. The van der Waals surface area contributed by atoms with Crippen LogP contribution in [0.3, 0.4) is 0 Å². The van der Waals surface area contributed by atoms with Gasteiger partial charge in [-0.05, 0) is 31.2 Å². The third-order valence-electron chi connectivity index (χ3n) is 4.27. The zero-order valence-corrected chi connectivity index (χ0v) is 17.0. The van der Waals surface area contributed by atoms with Crippen molar-refractivity contribution in [3.8, 4) is 5.69 Å². The van der Waals surface area contributed by atoms with Gasteiger partial charge in [-0.3, -0.25) is 14.4 Å². The van der Waals surface area contributed by atoms with E-state index in [4.69, 9.17) is 11.6 Å². The van der Waals surface area contributed by atoms with E-state index < -0.39 is 28.8 Å². The van der Waals surface area contributed by atoms with E-state index in [9.17, 15) is 18.8 Å². The number of aromatic nitrogens is 2. The first-order valence-electron chi connectivity index (χ1n) is 8.93. The van der Waals surface area contributed by atoms with Crippen molar-refractivity contribution in [3.05, 3.63) is 87.0 Å². The summed E-state index contributed by atoms with van der Waals surface area (Å²) in [5.41, 5.74) is -0.176. The summed E-state index contributed by atoms with van der Waals surface area (Å²) < 4.78 is 15.3. The van der Waals surface area contributed by atoms with Crippen LogP contribution in [0.25, 0.3) is 5.69 Å². The molecule has 0 atom stereocenters. The first kappa shape index (κ1) is 21.2. The van der Waals surface area contributed by atoms with Crippen molar-refractivity contribution in [3.63, 3.8) is 0 Å². The van der Waals surface area contributed by atoms with Crippen molar-refractivity contribution in [1.82, 2.24) is 14.7 Å². The highest BCUT2D eigenvalue weighted by Crippen LogP contribution is 2.20. The van der Waals surface area contributed by atoms with Gasteiger partial charge in [0.05, 0.1) is 17.3 Å². The molecule has 0 aliphatic heterocycles. The highest BCUT2D eigenvalue weighted by molar-refractivity contribution is 6.33. The quantitative estimate of drug-likeness (QED) is 0.677. The molecule has 0 fully saturated rings. The lowest BCUT2D eigenvalue weighted by molar-refractivity contribution is -0.116. The number of hydrogen-bond acceptors (Lipinski definition) is 4. The van der Waals surface area contributed by atoms with Gasteiger partial charge in [0.15, 0.2) is 5.69 Å².